The Labute approximate surface area is 95.7 Å². The summed E-state index contributed by atoms with van der Waals surface area (Å²) >= 11 is 1.64. The molecule has 1 aromatic carbocycles. The number of hydrogen-bond donors (Lipinski definition) is 1. The van der Waals surface area contributed by atoms with Crippen LogP contribution < -0.4 is 5.73 Å². The average molecular weight is 231 g/mol. The molecule has 0 saturated carbocycles. The van der Waals surface area contributed by atoms with Crippen molar-refractivity contribution in [3.63, 3.8) is 0 Å². The lowest BCUT2D eigenvalue weighted by Crippen LogP contribution is -1.80. The van der Waals surface area contributed by atoms with Crippen LogP contribution in [0.4, 0.5) is 5.82 Å². The third-order valence-electron chi connectivity index (χ3n) is 2.32. The average Bonchev–Trinajstić information content (AvgIpc) is 2.82. The molecule has 0 atom stereocenters. The fourth-order valence-electron chi connectivity index (χ4n) is 1.67. The summed E-state index contributed by atoms with van der Waals surface area (Å²) in [4.78, 5) is 4.43. The Kier molecular flexibility index (Phi) is 1.94. The SMILES string of the molecule is Cc1nc2cccc(-c3cc(N)no3)c2s1. The van der Waals surface area contributed by atoms with Crippen LogP contribution in [0.1, 0.15) is 5.01 Å². The van der Waals surface area contributed by atoms with Crippen molar-refractivity contribution in [2.75, 3.05) is 5.73 Å². The lowest BCUT2D eigenvalue weighted by atomic mass is 10.1. The van der Waals surface area contributed by atoms with Gasteiger partial charge in [0.1, 0.15) is 0 Å². The highest BCUT2D eigenvalue weighted by molar-refractivity contribution is 7.19. The van der Waals surface area contributed by atoms with Crippen molar-refractivity contribution < 1.29 is 4.52 Å². The largest absolute Gasteiger partial charge is 0.381 e. The van der Waals surface area contributed by atoms with Crippen molar-refractivity contribution in [3.8, 4) is 11.3 Å². The summed E-state index contributed by atoms with van der Waals surface area (Å²) in [7, 11) is 0. The van der Waals surface area contributed by atoms with Crippen molar-refractivity contribution in [1.29, 1.82) is 0 Å². The first-order valence-corrected chi connectivity index (χ1v) is 5.64. The molecule has 0 aliphatic carbocycles. The number of fused-ring (bicyclic) bond motifs is 1. The molecule has 2 aromatic heterocycles. The van der Waals surface area contributed by atoms with Crippen LogP contribution >= 0.6 is 11.3 Å². The van der Waals surface area contributed by atoms with E-state index >= 15 is 0 Å². The Hall–Kier alpha value is -1.88. The Morgan fingerprint density at radius 2 is 2.25 bits per heavy atom. The van der Waals surface area contributed by atoms with Crippen LogP contribution in [0.5, 0.6) is 0 Å². The van der Waals surface area contributed by atoms with Gasteiger partial charge in [0.15, 0.2) is 11.6 Å². The Morgan fingerprint density at radius 3 is 3.00 bits per heavy atom. The topological polar surface area (TPSA) is 64.9 Å². The molecule has 0 spiro atoms. The zero-order valence-electron chi connectivity index (χ0n) is 8.60. The molecule has 0 fully saturated rings. The van der Waals surface area contributed by atoms with E-state index in [1.807, 2.05) is 25.1 Å². The number of anilines is 1. The highest BCUT2D eigenvalue weighted by Crippen LogP contribution is 2.33. The van der Waals surface area contributed by atoms with E-state index in [4.69, 9.17) is 10.3 Å². The van der Waals surface area contributed by atoms with E-state index in [1.165, 1.54) is 0 Å². The van der Waals surface area contributed by atoms with Crippen LogP contribution in [-0.4, -0.2) is 10.1 Å². The van der Waals surface area contributed by atoms with Gasteiger partial charge in [0.05, 0.1) is 15.2 Å². The molecule has 2 N–H and O–H groups in total. The van der Waals surface area contributed by atoms with Crippen LogP contribution in [0.3, 0.4) is 0 Å². The van der Waals surface area contributed by atoms with Gasteiger partial charge < -0.3 is 10.3 Å². The minimum Gasteiger partial charge on any atom is -0.381 e. The van der Waals surface area contributed by atoms with Crippen LogP contribution in [0.25, 0.3) is 21.5 Å². The van der Waals surface area contributed by atoms with E-state index in [2.05, 4.69) is 10.1 Å². The van der Waals surface area contributed by atoms with Gasteiger partial charge in [-0.05, 0) is 19.1 Å². The third-order valence-corrected chi connectivity index (χ3v) is 3.34. The van der Waals surface area contributed by atoms with E-state index < -0.39 is 0 Å². The predicted molar refractivity (Wildman–Crippen MR) is 64.3 cm³/mol. The molecule has 3 aromatic rings. The van der Waals surface area contributed by atoms with Gasteiger partial charge in [0, 0.05) is 11.6 Å². The standard InChI is InChI=1S/C11H9N3OS/c1-6-13-8-4-2-3-7(11(8)16-6)9-5-10(12)14-15-9/h2-5H,1H3,(H2,12,14). The number of benzene rings is 1. The van der Waals surface area contributed by atoms with Crippen LogP contribution in [0.2, 0.25) is 0 Å². The van der Waals surface area contributed by atoms with E-state index in [0.717, 1.165) is 20.8 Å². The molecule has 0 bridgehead atoms. The first-order valence-electron chi connectivity index (χ1n) is 4.83. The Balaban J connectivity index is 2.30. The van der Waals surface area contributed by atoms with Crippen LogP contribution in [0.15, 0.2) is 28.8 Å². The van der Waals surface area contributed by atoms with Crippen molar-refractivity contribution in [2.45, 2.75) is 6.92 Å². The number of nitrogens with two attached hydrogens (primary N) is 1. The maximum absolute atomic E-state index is 5.55. The number of aromatic nitrogens is 2. The molecule has 0 aliphatic heterocycles. The monoisotopic (exact) mass is 231 g/mol. The Bertz CT molecular complexity index is 656. The molecule has 4 nitrogen and oxygen atoms in total. The molecule has 0 unspecified atom stereocenters. The number of nitrogens with zero attached hydrogens (tertiary/aromatic N) is 2. The van der Waals surface area contributed by atoms with Gasteiger partial charge in [-0.15, -0.1) is 11.3 Å². The molecule has 5 heteroatoms. The van der Waals surface area contributed by atoms with Crippen molar-refractivity contribution in [1.82, 2.24) is 10.1 Å². The summed E-state index contributed by atoms with van der Waals surface area (Å²) in [5, 5.41) is 4.73. The molecule has 0 radical (unpaired) electrons. The molecule has 16 heavy (non-hydrogen) atoms. The van der Waals surface area contributed by atoms with Crippen molar-refractivity contribution in [2.24, 2.45) is 0 Å². The number of nitrogen functional groups attached to an aromatic ring is 1. The number of aryl methyl sites for hydroxylation is 1. The highest BCUT2D eigenvalue weighted by Gasteiger charge is 2.11. The van der Waals surface area contributed by atoms with Gasteiger partial charge in [0.25, 0.3) is 0 Å². The fraction of sp³-hybridized carbons (Fsp3) is 0.0909. The van der Waals surface area contributed by atoms with Crippen molar-refractivity contribution in [3.05, 3.63) is 29.3 Å². The number of rotatable bonds is 1. The number of hydrogen-bond acceptors (Lipinski definition) is 5. The van der Waals surface area contributed by atoms with Gasteiger partial charge in [-0.25, -0.2) is 4.98 Å². The quantitative estimate of drug-likeness (QED) is 0.699. The second-order valence-corrected chi connectivity index (χ2v) is 4.71. The first kappa shape index (κ1) is 9.35. The second kappa shape index (κ2) is 3.31. The van der Waals surface area contributed by atoms with Crippen molar-refractivity contribution >= 4 is 27.4 Å². The van der Waals surface area contributed by atoms with E-state index in [1.54, 1.807) is 17.4 Å². The van der Waals surface area contributed by atoms with Gasteiger partial charge in [-0.1, -0.05) is 11.2 Å². The van der Waals surface area contributed by atoms with Gasteiger partial charge in [0.2, 0.25) is 0 Å². The third kappa shape index (κ3) is 1.37. The fourth-order valence-corrected chi connectivity index (χ4v) is 2.61. The minimum atomic E-state index is 0.397. The maximum Gasteiger partial charge on any atom is 0.170 e. The molecule has 0 amide bonds. The van der Waals surface area contributed by atoms with Crippen LogP contribution in [0, 0.1) is 6.92 Å². The lowest BCUT2D eigenvalue weighted by molar-refractivity contribution is 0.436. The molecule has 0 saturated heterocycles. The normalized spacial score (nSPS) is 11.1. The van der Waals surface area contributed by atoms with E-state index in [-0.39, 0.29) is 0 Å². The number of thiazole rings is 1. The maximum atomic E-state index is 5.55. The summed E-state index contributed by atoms with van der Waals surface area (Å²) in [5.74, 6) is 1.08. The first-order chi connectivity index (χ1) is 7.74. The van der Waals surface area contributed by atoms with E-state index in [0.29, 0.717) is 11.6 Å². The second-order valence-electron chi connectivity index (χ2n) is 3.50. The molecule has 2 heterocycles. The van der Waals surface area contributed by atoms with E-state index in [9.17, 15) is 0 Å². The molecular formula is C11H9N3OS. The van der Waals surface area contributed by atoms with Gasteiger partial charge in [-0.2, -0.15) is 0 Å². The summed E-state index contributed by atoms with van der Waals surface area (Å²) in [5.41, 5.74) is 7.52. The zero-order valence-corrected chi connectivity index (χ0v) is 9.41. The van der Waals surface area contributed by atoms with Gasteiger partial charge in [-0.3, -0.25) is 0 Å². The highest BCUT2D eigenvalue weighted by atomic mass is 32.1. The molecule has 80 valence electrons. The smallest absolute Gasteiger partial charge is 0.170 e. The lowest BCUT2D eigenvalue weighted by Gasteiger charge is -1.95. The summed E-state index contributed by atoms with van der Waals surface area (Å²) in [6.45, 7) is 1.99. The van der Waals surface area contributed by atoms with Gasteiger partial charge >= 0.3 is 0 Å². The zero-order chi connectivity index (χ0) is 11.1. The summed E-state index contributed by atoms with van der Waals surface area (Å²) < 4.78 is 6.28. The molecule has 0 aliphatic rings. The molecule has 3 rings (SSSR count). The van der Waals surface area contributed by atoms with Crippen LogP contribution in [-0.2, 0) is 0 Å². The molecular weight excluding hydrogens is 222 g/mol. The summed E-state index contributed by atoms with van der Waals surface area (Å²) in [6, 6.07) is 7.65. The predicted octanol–water partition coefficient (Wildman–Crippen LogP) is 2.84. The summed E-state index contributed by atoms with van der Waals surface area (Å²) in [6.07, 6.45) is 0. The Morgan fingerprint density at radius 1 is 1.38 bits per heavy atom. The minimum absolute atomic E-state index is 0.397.